The molecule has 33 heavy (non-hydrogen) atoms. The average molecular weight is 474 g/mol. The van der Waals surface area contributed by atoms with Crippen molar-refractivity contribution in [1.82, 2.24) is 14.8 Å². The van der Waals surface area contributed by atoms with E-state index in [2.05, 4.69) is 10.2 Å². The van der Waals surface area contributed by atoms with Gasteiger partial charge in [0.05, 0.1) is 20.0 Å². The van der Waals surface area contributed by atoms with Crippen molar-refractivity contribution < 1.29 is 18.7 Å². The first-order valence-corrected chi connectivity index (χ1v) is 12.0. The number of ketones is 1. The summed E-state index contributed by atoms with van der Waals surface area (Å²) in [5.74, 6) is 2.32. The summed E-state index contributed by atoms with van der Waals surface area (Å²) in [4.78, 5) is 12.6. The molecule has 0 spiro atoms. The number of carbonyl (C=O) groups is 1. The number of aromatic nitrogens is 3. The van der Waals surface area contributed by atoms with E-state index < -0.39 is 0 Å². The predicted molar refractivity (Wildman–Crippen MR) is 130 cm³/mol. The van der Waals surface area contributed by atoms with Gasteiger partial charge in [0.1, 0.15) is 28.9 Å². The lowest BCUT2D eigenvalue weighted by Crippen LogP contribution is -2.09. The lowest BCUT2D eigenvalue weighted by atomic mass is 10.1. The number of Topliss-reactive ketones (excluding diaryl/α,β-unsaturated/α-hetero) is 1. The fourth-order valence-corrected chi connectivity index (χ4v) is 4.12. The summed E-state index contributed by atoms with van der Waals surface area (Å²) >= 11 is 1.39. The Morgan fingerprint density at radius 2 is 1.76 bits per heavy atom. The molecule has 0 aliphatic heterocycles. The zero-order valence-corrected chi connectivity index (χ0v) is 20.7. The SMILES string of the molecule is CC.CCn1c(CCc2ccc(F)cc2)nnc1SCC(=O)Cc1ccc(OC)cc1OC. The summed E-state index contributed by atoms with van der Waals surface area (Å²) < 4.78 is 25.7. The Morgan fingerprint density at radius 3 is 2.39 bits per heavy atom. The van der Waals surface area contributed by atoms with E-state index in [9.17, 15) is 9.18 Å². The fourth-order valence-electron chi connectivity index (χ4n) is 3.24. The molecule has 0 fully saturated rings. The largest absolute Gasteiger partial charge is 0.497 e. The minimum atomic E-state index is -0.240. The Balaban J connectivity index is 0.00000187. The molecule has 1 heterocycles. The Kier molecular flexibility index (Phi) is 10.9. The third-order valence-electron chi connectivity index (χ3n) is 4.90. The van der Waals surface area contributed by atoms with Crippen molar-refractivity contribution in [3.63, 3.8) is 0 Å². The molecule has 0 saturated heterocycles. The summed E-state index contributed by atoms with van der Waals surface area (Å²) in [5, 5.41) is 9.30. The van der Waals surface area contributed by atoms with Crippen molar-refractivity contribution in [2.75, 3.05) is 20.0 Å². The molecule has 178 valence electrons. The molecule has 3 rings (SSSR count). The van der Waals surface area contributed by atoms with E-state index in [0.29, 0.717) is 30.2 Å². The number of nitrogens with zero attached hydrogens (tertiary/aromatic N) is 3. The van der Waals surface area contributed by atoms with Gasteiger partial charge in [-0.25, -0.2) is 4.39 Å². The molecule has 0 aliphatic rings. The van der Waals surface area contributed by atoms with E-state index >= 15 is 0 Å². The van der Waals surface area contributed by atoms with Gasteiger partial charge in [-0.1, -0.05) is 43.8 Å². The highest BCUT2D eigenvalue weighted by Gasteiger charge is 2.15. The van der Waals surface area contributed by atoms with Crippen LogP contribution in [-0.2, 0) is 30.6 Å². The number of rotatable bonds is 11. The van der Waals surface area contributed by atoms with Crippen LogP contribution in [-0.4, -0.2) is 40.5 Å². The molecule has 1 aromatic heterocycles. The number of thioether (sulfide) groups is 1. The van der Waals surface area contributed by atoms with Crippen molar-refractivity contribution in [3.05, 3.63) is 65.2 Å². The first kappa shape index (κ1) is 26.4. The van der Waals surface area contributed by atoms with Gasteiger partial charge in [0.2, 0.25) is 0 Å². The Labute approximate surface area is 199 Å². The van der Waals surface area contributed by atoms with Crippen molar-refractivity contribution in [2.45, 2.75) is 51.7 Å². The number of hydrogen-bond acceptors (Lipinski definition) is 6. The van der Waals surface area contributed by atoms with Crippen LogP contribution in [0.2, 0.25) is 0 Å². The molecule has 0 saturated carbocycles. The average Bonchev–Trinajstić information content (AvgIpc) is 3.25. The molecule has 6 nitrogen and oxygen atoms in total. The van der Waals surface area contributed by atoms with Crippen molar-refractivity contribution in [3.8, 4) is 11.5 Å². The number of halogens is 1. The molecule has 0 amide bonds. The standard InChI is InChI=1S/C23H26FN3O3S.C2H6/c1-4-27-22(12-7-16-5-9-18(24)10-6-16)25-26-23(27)31-15-19(28)13-17-8-11-20(29-2)14-21(17)30-3;1-2/h5-6,8-11,14H,4,7,12-13,15H2,1-3H3;1-2H3. The molecule has 0 aliphatic carbocycles. The Morgan fingerprint density at radius 1 is 1.03 bits per heavy atom. The first-order valence-electron chi connectivity index (χ1n) is 11.1. The van der Waals surface area contributed by atoms with Gasteiger partial charge < -0.3 is 14.0 Å². The van der Waals surface area contributed by atoms with Crippen LogP contribution in [0.4, 0.5) is 4.39 Å². The van der Waals surface area contributed by atoms with Crippen molar-refractivity contribution in [1.29, 1.82) is 0 Å². The van der Waals surface area contributed by atoms with Gasteiger partial charge >= 0.3 is 0 Å². The minimum absolute atomic E-state index is 0.0759. The van der Waals surface area contributed by atoms with E-state index in [1.807, 2.05) is 37.5 Å². The zero-order valence-electron chi connectivity index (χ0n) is 19.9. The van der Waals surface area contributed by atoms with Crippen LogP contribution >= 0.6 is 11.8 Å². The molecular weight excluding hydrogens is 441 g/mol. The molecule has 0 N–H and O–H groups in total. The Bertz CT molecular complexity index is 1020. The summed E-state index contributed by atoms with van der Waals surface area (Å²) in [6, 6.07) is 11.9. The molecular formula is C25H32FN3O3S. The lowest BCUT2D eigenvalue weighted by molar-refractivity contribution is -0.116. The third-order valence-corrected chi connectivity index (χ3v) is 5.93. The first-order chi connectivity index (χ1) is 16.0. The van der Waals surface area contributed by atoms with Crippen LogP contribution < -0.4 is 9.47 Å². The molecule has 0 unspecified atom stereocenters. The van der Waals surface area contributed by atoms with Crippen LogP contribution in [0.3, 0.4) is 0 Å². The molecule has 2 aromatic carbocycles. The molecule has 8 heteroatoms. The van der Waals surface area contributed by atoms with Gasteiger partial charge in [0, 0.05) is 31.0 Å². The highest BCUT2D eigenvalue weighted by atomic mass is 32.2. The second kappa shape index (κ2) is 13.6. The number of aryl methyl sites for hydroxylation is 2. The van der Waals surface area contributed by atoms with Gasteiger partial charge in [-0.15, -0.1) is 10.2 Å². The van der Waals surface area contributed by atoms with Gasteiger partial charge in [0.15, 0.2) is 5.16 Å². The fraction of sp³-hybridized carbons (Fsp3) is 0.400. The maximum absolute atomic E-state index is 13.1. The van der Waals surface area contributed by atoms with E-state index in [4.69, 9.17) is 9.47 Å². The zero-order chi connectivity index (χ0) is 24.2. The van der Waals surface area contributed by atoms with Crippen LogP contribution in [0.15, 0.2) is 47.6 Å². The molecule has 0 radical (unpaired) electrons. The predicted octanol–water partition coefficient (Wildman–Crippen LogP) is 5.17. The van der Waals surface area contributed by atoms with Crippen LogP contribution in [0.5, 0.6) is 11.5 Å². The summed E-state index contributed by atoms with van der Waals surface area (Å²) in [6.45, 7) is 6.74. The number of methoxy groups -OCH3 is 2. The topological polar surface area (TPSA) is 66.2 Å². The molecule has 0 bridgehead atoms. The number of hydrogen-bond donors (Lipinski definition) is 0. The second-order valence-corrected chi connectivity index (χ2v) is 7.89. The van der Waals surface area contributed by atoms with E-state index in [1.165, 1.54) is 23.9 Å². The second-order valence-electron chi connectivity index (χ2n) is 6.95. The van der Waals surface area contributed by atoms with E-state index in [1.54, 1.807) is 32.4 Å². The monoisotopic (exact) mass is 473 g/mol. The quantitative estimate of drug-likeness (QED) is 0.358. The minimum Gasteiger partial charge on any atom is -0.497 e. The van der Waals surface area contributed by atoms with Gasteiger partial charge in [0.25, 0.3) is 0 Å². The van der Waals surface area contributed by atoms with Crippen LogP contribution in [0.1, 0.15) is 37.7 Å². The molecule has 0 atom stereocenters. The highest BCUT2D eigenvalue weighted by Crippen LogP contribution is 2.26. The number of ether oxygens (including phenoxy) is 2. The van der Waals surface area contributed by atoms with Crippen LogP contribution in [0.25, 0.3) is 0 Å². The number of benzene rings is 2. The van der Waals surface area contributed by atoms with Gasteiger partial charge in [-0.3, -0.25) is 4.79 Å². The maximum atomic E-state index is 13.1. The highest BCUT2D eigenvalue weighted by molar-refractivity contribution is 7.99. The van der Waals surface area contributed by atoms with Gasteiger partial charge in [-0.2, -0.15) is 0 Å². The van der Waals surface area contributed by atoms with E-state index in [0.717, 1.165) is 28.5 Å². The third kappa shape index (κ3) is 7.60. The summed E-state index contributed by atoms with van der Waals surface area (Å²) in [5.41, 5.74) is 1.87. The van der Waals surface area contributed by atoms with Crippen LogP contribution in [0, 0.1) is 5.82 Å². The van der Waals surface area contributed by atoms with Gasteiger partial charge in [-0.05, 0) is 37.1 Å². The van der Waals surface area contributed by atoms with Crippen molar-refractivity contribution >= 4 is 17.5 Å². The summed E-state index contributed by atoms with van der Waals surface area (Å²) in [7, 11) is 3.17. The number of carbonyl (C=O) groups excluding carboxylic acids is 1. The smallest absolute Gasteiger partial charge is 0.191 e. The lowest BCUT2D eigenvalue weighted by Gasteiger charge is -2.10. The van der Waals surface area contributed by atoms with E-state index in [-0.39, 0.29) is 18.0 Å². The maximum Gasteiger partial charge on any atom is 0.191 e. The summed E-state index contributed by atoms with van der Waals surface area (Å²) in [6.07, 6.45) is 1.72. The molecule has 3 aromatic rings. The normalized spacial score (nSPS) is 10.4. The van der Waals surface area contributed by atoms with Crippen molar-refractivity contribution in [2.24, 2.45) is 0 Å². The Hall–Kier alpha value is -2.87.